The third kappa shape index (κ3) is 8.04. The van der Waals surface area contributed by atoms with Gasteiger partial charge in [0, 0.05) is 0 Å². The quantitative estimate of drug-likeness (QED) is 0.414. The molecule has 0 saturated carbocycles. The Morgan fingerprint density at radius 1 is 1.00 bits per heavy atom. The monoisotopic (exact) mass is 236 g/mol. The van der Waals surface area contributed by atoms with Crippen molar-refractivity contribution in [2.75, 3.05) is 13.2 Å². The normalized spacial score (nSPS) is 9.69. The van der Waals surface area contributed by atoms with Crippen LogP contribution >= 0.6 is 0 Å². The second-order valence-electron chi connectivity index (χ2n) is 3.01. The van der Waals surface area contributed by atoms with E-state index in [0.717, 1.165) is 13.8 Å². The van der Waals surface area contributed by atoms with Crippen molar-refractivity contribution in [1.29, 1.82) is 0 Å². The molecule has 0 aromatic rings. The second kappa shape index (κ2) is 8.96. The highest BCUT2D eigenvalue weighted by molar-refractivity contribution is 6.15. The summed E-state index contributed by atoms with van der Waals surface area (Å²) in [4.78, 5) is 31.0. The van der Waals surface area contributed by atoms with Crippen LogP contribution in [0.3, 0.4) is 0 Å². The predicted octanol–water partition coefficient (Wildman–Crippen LogP) is -1.80. The van der Waals surface area contributed by atoms with Crippen LogP contribution in [0.2, 0.25) is 0 Å². The van der Waals surface area contributed by atoms with E-state index < -0.39 is 29.6 Å². The first-order valence-corrected chi connectivity index (χ1v) is 4.41. The molecule has 0 bridgehead atoms. The van der Waals surface area contributed by atoms with Gasteiger partial charge in [0.2, 0.25) is 0 Å². The van der Waals surface area contributed by atoms with Gasteiger partial charge in [-0.05, 0) is 13.8 Å². The molecule has 0 fully saturated rings. The van der Waals surface area contributed by atoms with Gasteiger partial charge in [-0.2, -0.15) is 0 Å². The van der Waals surface area contributed by atoms with Crippen LogP contribution in [0.25, 0.3) is 0 Å². The lowest BCUT2D eigenvalue weighted by Crippen LogP contribution is -2.27. The standard InChI is InChI=1S/C6H8O4.C3H8O3/c1-3(7)5(4(2)8)6(9)10;4-1-3(6)2-5/h5H,1-2H3,(H,9,10);3-6H,1-2H2. The average molecular weight is 236 g/mol. The van der Waals surface area contributed by atoms with Crippen molar-refractivity contribution in [3.05, 3.63) is 0 Å². The molecule has 0 atom stereocenters. The van der Waals surface area contributed by atoms with Crippen LogP contribution in [-0.4, -0.2) is 57.3 Å². The summed E-state index contributed by atoms with van der Waals surface area (Å²) in [6, 6.07) is 0. The van der Waals surface area contributed by atoms with Crippen molar-refractivity contribution in [2.24, 2.45) is 5.92 Å². The molecule has 7 nitrogen and oxygen atoms in total. The van der Waals surface area contributed by atoms with Gasteiger partial charge in [-0.25, -0.2) is 0 Å². The van der Waals surface area contributed by atoms with Gasteiger partial charge >= 0.3 is 5.97 Å². The van der Waals surface area contributed by atoms with Crippen molar-refractivity contribution in [3.8, 4) is 0 Å². The number of carbonyl (C=O) groups excluding carboxylic acids is 2. The van der Waals surface area contributed by atoms with Crippen LogP contribution in [0, 0.1) is 5.92 Å². The first-order chi connectivity index (χ1) is 7.27. The highest BCUT2D eigenvalue weighted by Crippen LogP contribution is 1.99. The fourth-order valence-corrected chi connectivity index (χ4v) is 0.692. The molecule has 0 aliphatic rings. The second-order valence-corrected chi connectivity index (χ2v) is 3.01. The van der Waals surface area contributed by atoms with Crippen LogP contribution in [-0.2, 0) is 14.4 Å². The average Bonchev–Trinajstić information content (AvgIpc) is 2.15. The lowest BCUT2D eigenvalue weighted by atomic mass is 10.0. The zero-order valence-electron chi connectivity index (χ0n) is 9.08. The SMILES string of the molecule is CC(=O)C(C(C)=O)C(=O)O.OCC(O)CO. The largest absolute Gasteiger partial charge is 0.480 e. The molecule has 0 saturated heterocycles. The molecule has 0 amide bonds. The molecule has 0 radical (unpaired) electrons. The van der Waals surface area contributed by atoms with Crippen molar-refractivity contribution in [2.45, 2.75) is 20.0 Å². The van der Waals surface area contributed by atoms with Crippen LogP contribution < -0.4 is 0 Å². The number of carboxylic acid groups (broad SMARTS) is 1. The third-order valence-corrected chi connectivity index (χ3v) is 1.48. The Labute approximate surface area is 92.3 Å². The van der Waals surface area contributed by atoms with E-state index in [4.69, 9.17) is 20.4 Å². The summed E-state index contributed by atoms with van der Waals surface area (Å²) in [7, 11) is 0. The van der Waals surface area contributed by atoms with Gasteiger partial charge < -0.3 is 20.4 Å². The summed E-state index contributed by atoms with van der Waals surface area (Å²) in [6.07, 6.45) is -0.954. The molecule has 7 heteroatoms. The number of hydrogen-bond acceptors (Lipinski definition) is 6. The molecule has 94 valence electrons. The fraction of sp³-hybridized carbons (Fsp3) is 0.667. The topological polar surface area (TPSA) is 132 Å². The van der Waals surface area contributed by atoms with Gasteiger partial charge in [0.1, 0.15) is 6.10 Å². The first kappa shape index (κ1) is 17.1. The van der Waals surface area contributed by atoms with Crippen LogP contribution in [0.4, 0.5) is 0 Å². The van der Waals surface area contributed by atoms with Gasteiger partial charge in [0.05, 0.1) is 13.2 Å². The van der Waals surface area contributed by atoms with Gasteiger partial charge in [-0.15, -0.1) is 0 Å². The number of Topliss-reactive ketones (excluding diaryl/α,β-unsaturated/α-hetero) is 2. The zero-order valence-corrected chi connectivity index (χ0v) is 9.08. The molecular weight excluding hydrogens is 220 g/mol. The fourth-order valence-electron chi connectivity index (χ4n) is 0.692. The van der Waals surface area contributed by atoms with Crippen molar-refractivity contribution >= 4 is 17.5 Å². The Bertz CT molecular complexity index is 211. The lowest BCUT2D eigenvalue weighted by molar-refractivity contribution is -0.149. The number of hydrogen-bond donors (Lipinski definition) is 4. The number of aliphatic hydroxyl groups excluding tert-OH is 3. The first-order valence-electron chi connectivity index (χ1n) is 4.41. The molecule has 0 spiro atoms. The van der Waals surface area contributed by atoms with E-state index >= 15 is 0 Å². The Balaban J connectivity index is 0. The van der Waals surface area contributed by atoms with Gasteiger partial charge in [0.25, 0.3) is 0 Å². The van der Waals surface area contributed by atoms with E-state index in [-0.39, 0.29) is 13.2 Å². The van der Waals surface area contributed by atoms with Crippen LogP contribution in [0.1, 0.15) is 13.8 Å². The van der Waals surface area contributed by atoms with Gasteiger partial charge in [0.15, 0.2) is 17.5 Å². The van der Waals surface area contributed by atoms with Crippen LogP contribution in [0.5, 0.6) is 0 Å². The number of carboxylic acids is 1. The highest BCUT2D eigenvalue weighted by atomic mass is 16.4. The minimum absolute atomic E-state index is 0.365. The maximum Gasteiger partial charge on any atom is 0.321 e. The molecule has 16 heavy (non-hydrogen) atoms. The molecule has 0 aromatic heterocycles. The zero-order chi connectivity index (χ0) is 13.3. The van der Waals surface area contributed by atoms with Crippen molar-refractivity contribution < 1.29 is 34.8 Å². The predicted molar refractivity (Wildman–Crippen MR) is 52.7 cm³/mol. The Hall–Kier alpha value is -1.31. The van der Waals surface area contributed by atoms with Crippen molar-refractivity contribution in [3.63, 3.8) is 0 Å². The molecule has 0 heterocycles. The molecule has 0 rings (SSSR count). The van der Waals surface area contributed by atoms with Crippen molar-refractivity contribution in [1.82, 2.24) is 0 Å². The number of ketones is 2. The summed E-state index contributed by atoms with van der Waals surface area (Å²) >= 11 is 0. The van der Waals surface area contributed by atoms with E-state index in [1.165, 1.54) is 0 Å². The Morgan fingerprint density at radius 3 is 1.31 bits per heavy atom. The maximum absolute atomic E-state index is 10.4. The summed E-state index contributed by atoms with van der Waals surface area (Å²) in [5.74, 6) is -4.10. The molecule has 0 aromatic carbocycles. The minimum Gasteiger partial charge on any atom is -0.480 e. The van der Waals surface area contributed by atoms with E-state index in [0.29, 0.717) is 0 Å². The van der Waals surface area contributed by atoms with E-state index in [9.17, 15) is 14.4 Å². The van der Waals surface area contributed by atoms with E-state index in [1.807, 2.05) is 0 Å². The number of carbonyl (C=O) groups is 3. The molecular formula is C9H16O7. The summed E-state index contributed by atoms with van der Waals surface area (Å²) in [5, 5.41) is 32.3. The van der Waals surface area contributed by atoms with E-state index in [1.54, 1.807) is 0 Å². The van der Waals surface area contributed by atoms with Gasteiger partial charge in [-0.3, -0.25) is 14.4 Å². The Morgan fingerprint density at radius 2 is 1.31 bits per heavy atom. The lowest BCUT2D eigenvalue weighted by Gasteiger charge is -2.01. The minimum atomic E-state index is -1.47. The smallest absolute Gasteiger partial charge is 0.321 e. The number of aliphatic hydroxyl groups is 3. The number of aliphatic carboxylic acids is 1. The van der Waals surface area contributed by atoms with E-state index in [2.05, 4.69) is 0 Å². The number of rotatable bonds is 5. The molecule has 0 aliphatic heterocycles. The highest BCUT2D eigenvalue weighted by Gasteiger charge is 2.26. The maximum atomic E-state index is 10.4. The van der Waals surface area contributed by atoms with Gasteiger partial charge in [-0.1, -0.05) is 0 Å². The Kier molecular flexibility index (Phi) is 9.57. The summed E-state index contributed by atoms with van der Waals surface area (Å²) in [5.41, 5.74) is 0. The van der Waals surface area contributed by atoms with Crippen LogP contribution in [0.15, 0.2) is 0 Å². The molecule has 0 aliphatic carbocycles. The summed E-state index contributed by atoms with van der Waals surface area (Å²) in [6.45, 7) is 1.44. The molecule has 4 N–H and O–H groups in total. The molecule has 0 unspecified atom stereocenters. The third-order valence-electron chi connectivity index (χ3n) is 1.48. The summed E-state index contributed by atoms with van der Waals surface area (Å²) < 4.78 is 0.